The van der Waals surface area contributed by atoms with Gasteiger partial charge in [-0.1, -0.05) is 27.7 Å². The minimum Gasteiger partial charge on any atom is -0.493 e. The zero-order valence-corrected chi connectivity index (χ0v) is 15.6. The van der Waals surface area contributed by atoms with Crippen LogP contribution < -0.4 is 4.74 Å². The summed E-state index contributed by atoms with van der Waals surface area (Å²) in [5.41, 5.74) is 3.67. The van der Waals surface area contributed by atoms with Crippen LogP contribution in [-0.4, -0.2) is 22.3 Å². The zero-order chi connectivity index (χ0) is 17.9. The first-order chi connectivity index (χ1) is 11.3. The lowest BCUT2D eigenvalue weighted by atomic mass is 10.0. The van der Waals surface area contributed by atoms with Crippen LogP contribution in [0.1, 0.15) is 55.0 Å². The molecule has 0 aliphatic rings. The van der Waals surface area contributed by atoms with Crippen molar-refractivity contribution >= 4 is 5.91 Å². The Morgan fingerprint density at radius 3 is 2.25 bits per heavy atom. The van der Waals surface area contributed by atoms with Crippen LogP contribution in [0.2, 0.25) is 0 Å². The molecule has 1 aromatic carbocycles. The predicted molar refractivity (Wildman–Crippen MR) is 96.7 cm³/mol. The number of carbonyl (C=O) groups excluding carboxylic acids is 1. The molecule has 0 fully saturated rings. The Morgan fingerprint density at radius 1 is 1.08 bits per heavy atom. The third-order valence-electron chi connectivity index (χ3n) is 3.93. The molecule has 1 heterocycles. The summed E-state index contributed by atoms with van der Waals surface area (Å²) in [6.45, 7) is 13.2. The van der Waals surface area contributed by atoms with Crippen LogP contribution in [-0.2, 0) is 6.42 Å². The van der Waals surface area contributed by atoms with Crippen molar-refractivity contribution in [3.05, 3.63) is 46.8 Å². The number of aromatic nitrogens is 2. The van der Waals surface area contributed by atoms with Gasteiger partial charge in [-0.05, 0) is 61.9 Å². The van der Waals surface area contributed by atoms with E-state index in [1.54, 1.807) is 12.1 Å². The Labute approximate surface area is 144 Å². The van der Waals surface area contributed by atoms with E-state index in [1.807, 2.05) is 26.0 Å². The first-order valence-corrected chi connectivity index (χ1v) is 8.62. The molecule has 1 aromatic heterocycles. The molecule has 0 aliphatic heterocycles. The smallest absolute Gasteiger partial charge is 0.278 e. The minimum absolute atomic E-state index is 0.0963. The van der Waals surface area contributed by atoms with Gasteiger partial charge in [-0.3, -0.25) is 4.79 Å². The normalized spacial score (nSPS) is 11.3. The van der Waals surface area contributed by atoms with Crippen molar-refractivity contribution in [1.82, 2.24) is 9.78 Å². The maximum Gasteiger partial charge on any atom is 0.278 e. The van der Waals surface area contributed by atoms with Crippen LogP contribution in [0.15, 0.2) is 24.3 Å². The summed E-state index contributed by atoms with van der Waals surface area (Å²) in [6, 6.07) is 7.29. The summed E-state index contributed by atoms with van der Waals surface area (Å²) >= 11 is 0. The Hall–Kier alpha value is -2.10. The number of rotatable bonds is 6. The van der Waals surface area contributed by atoms with Gasteiger partial charge in [0, 0.05) is 11.3 Å². The molecule has 2 rings (SSSR count). The van der Waals surface area contributed by atoms with Crippen molar-refractivity contribution in [2.24, 2.45) is 11.8 Å². The van der Waals surface area contributed by atoms with Crippen LogP contribution >= 0.6 is 0 Å². The highest BCUT2D eigenvalue weighted by atomic mass is 16.5. The van der Waals surface area contributed by atoms with E-state index < -0.39 is 0 Å². The van der Waals surface area contributed by atoms with Crippen molar-refractivity contribution in [3.63, 3.8) is 0 Å². The van der Waals surface area contributed by atoms with Gasteiger partial charge in [0.2, 0.25) is 0 Å². The summed E-state index contributed by atoms with van der Waals surface area (Å²) in [7, 11) is 0. The number of hydrogen-bond acceptors (Lipinski definition) is 3. The second-order valence-corrected chi connectivity index (χ2v) is 7.19. The first kappa shape index (κ1) is 18.2. The number of carbonyl (C=O) groups is 1. The van der Waals surface area contributed by atoms with E-state index >= 15 is 0 Å². The summed E-state index contributed by atoms with van der Waals surface area (Å²) in [5.74, 6) is 1.70. The van der Waals surface area contributed by atoms with Crippen LogP contribution in [0.25, 0.3) is 0 Å². The molecule has 0 saturated heterocycles. The van der Waals surface area contributed by atoms with E-state index in [4.69, 9.17) is 4.74 Å². The van der Waals surface area contributed by atoms with Crippen LogP contribution in [0, 0.1) is 25.7 Å². The highest BCUT2D eigenvalue weighted by Crippen LogP contribution is 2.20. The van der Waals surface area contributed by atoms with Crippen molar-refractivity contribution in [1.29, 1.82) is 0 Å². The maximum absolute atomic E-state index is 12.8. The van der Waals surface area contributed by atoms with Gasteiger partial charge in [0.25, 0.3) is 5.91 Å². The predicted octanol–water partition coefficient (Wildman–Crippen LogP) is 4.42. The van der Waals surface area contributed by atoms with Crippen LogP contribution in [0.5, 0.6) is 5.75 Å². The van der Waals surface area contributed by atoms with Gasteiger partial charge < -0.3 is 4.74 Å². The fraction of sp³-hybridized carbons (Fsp3) is 0.500. The second-order valence-electron chi connectivity index (χ2n) is 7.19. The van der Waals surface area contributed by atoms with Gasteiger partial charge >= 0.3 is 0 Å². The van der Waals surface area contributed by atoms with Gasteiger partial charge in [-0.25, -0.2) is 4.68 Å². The molecule has 0 radical (unpaired) electrons. The average Bonchev–Trinajstić information content (AvgIpc) is 2.80. The van der Waals surface area contributed by atoms with Crippen LogP contribution in [0.4, 0.5) is 0 Å². The lowest BCUT2D eigenvalue weighted by molar-refractivity contribution is 0.0942. The molecule has 2 aromatic rings. The zero-order valence-electron chi connectivity index (χ0n) is 15.6. The minimum atomic E-state index is -0.0963. The van der Waals surface area contributed by atoms with Gasteiger partial charge in [-0.2, -0.15) is 5.10 Å². The Kier molecular flexibility index (Phi) is 5.81. The highest BCUT2D eigenvalue weighted by molar-refractivity contribution is 5.96. The molecule has 130 valence electrons. The quantitative estimate of drug-likeness (QED) is 0.788. The monoisotopic (exact) mass is 328 g/mol. The fourth-order valence-electron chi connectivity index (χ4n) is 2.66. The number of nitrogens with zero attached hydrogens (tertiary/aromatic N) is 2. The summed E-state index contributed by atoms with van der Waals surface area (Å²) in [6.07, 6.45) is 0.937. The van der Waals surface area contributed by atoms with Gasteiger partial charge in [-0.15, -0.1) is 0 Å². The average molecular weight is 328 g/mol. The standard InChI is InChI=1S/C20H28N2O2/c1-13(2)11-19-15(5)21-22(16(19)6)20(23)17-7-9-18(10-8-17)24-12-14(3)4/h7-10,13-14H,11-12H2,1-6H3. The molecule has 0 saturated carbocycles. The van der Waals surface area contributed by atoms with Crippen molar-refractivity contribution in [2.75, 3.05) is 6.61 Å². The van der Waals surface area contributed by atoms with Gasteiger partial charge in [0.05, 0.1) is 12.3 Å². The number of hydrogen-bond donors (Lipinski definition) is 0. The fourth-order valence-corrected chi connectivity index (χ4v) is 2.66. The molecule has 0 amide bonds. The molecule has 24 heavy (non-hydrogen) atoms. The molecule has 4 heteroatoms. The summed E-state index contributed by atoms with van der Waals surface area (Å²) in [4.78, 5) is 12.8. The lowest BCUT2D eigenvalue weighted by Gasteiger charge is -2.09. The van der Waals surface area contributed by atoms with E-state index in [0.29, 0.717) is 24.0 Å². The molecule has 0 atom stereocenters. The number of benzene rings is 1. The second kappa shape index (κ2) is 7.65. The topological polar surface area (TPSA) is 44.1 Å². The van der Waals surface area contributed by atoms with E-state index in [0.717, 1.165) is 23.6 Å². The van der Waals surface area contributed by atoms with E-state index in [1.165, 1.54) is 10.2 Å². The Morgan fingerprint density at radius 2 is 1.71 bits per heavy atom. The van der Waals surface area contributed by atoms with E-state index in [2.05, 4.69) is 32.8 Å². The molecule has 0 unspecified atom stereocenters. The lowest BCUT2D eigenvalue weighted by Crippen LogP contribution is -2.15. The number of aryl methyl sites for hydroxylation is 1. The molecule has 0 N–H and O–H groups in total. The van der Waals surface area contributed by atoms with Crippen molar-refractivity contribution in [3.8, 4) is 5.75 Å². The van der Waals surface area contributed by atoms with Gasteiger partial charge in [0.1, 0.15) is 5.75 Å². The molecular weight excluding hydrogens is 300 g/mol. The van der Waals surface area contributed by atoms with Crippen LogP contribution in [0.3, 0.4) is 0 Å². The molecule has 0 aliphatic carbocycles. The molecule has 0 spiro atoms. The molecular formula is C20H28N2O2. The Bertz CT molecular complexity index is 697. The molecule has 0 bridgehead atoms. The highest BCUT2D eigenvalue weighted by Gasteiger charge is 2.18. The largest absolute Gasteiger partial charge is 0.493 e. The van der Waals surface area contributed by atoms with Crippen molar-refractivity contribution < 1.29 is 9.53 Å². The number of ether oxygens (including phenoxy) is 1. The van der Waals surface area contributed by atoms with E-state index in [-0.39, 0.29) is 5.91 Å². The van der Waals surface area contributed by atoms with E-state index in [9.17, 15) is 4.79 Å². The summed E-state index contributed by atoms with van der Waals surface area (Å²) in [5, 5.41) is 4.46. The van der Waals surface area contributed by atoms with Gasteiger partial charge in [0.15, 0.2) is 0 Å². The first-order valence-electron chi connectivity index (χ1n) is 8.62. The third-order valence-corrected chi connectivity index (χ3v) is 3.93. The Balaban J connectivity index is 2.20. The third kappa shape index (κ3) is 4.25. The van der Waals surface area contributed by atoms with Crippen molar-refractivity contribution in [2.45, 2.75) is 48.0 Å². The summed E-state index contributed by atoms with van der Waals surface area (Å²) < 4.78 is 7.19. The SMILES string of the molecule is Cc1nn(C(=O)c2ccc(OCC(C)C)cc2)c(C)c1CC(C)C. The molecule has 4 nitrogen and oxygen atoms in total. The maximum atomic E-state index is 12.8.